The Morgan fingerprint density at radius 2 is 2.12 bits per heavy atom. The van der Waals surface area contributed by atoms with Crippen molar-refractivity contribution in [2.24, 2.45) is 0 Å². The molecule has 0 aliphatic heterocycles. The molecule has 4 heteroatoms. The van der Waals surface area contributed by atoms with Crippen LogP contribution in [-0.4, -0.2) is 26.0 Å². The monoisotopic (exact) mass is 232 g/mol. The first-order chi connectivity index (χ1) is 8.26. The van der Waals surface area contributed by atoms with Gasteiger partial charge in [0.2, 0.25) is 0 Å². The average molecular weight is 232 g/mol. The molecule has 0 saturated carbocycles. The fraction of sp³-hybridized carbons (Fsp3) is 0.385. The van der Waals surface area contributed by atoms with Crippen LogP contribution >= 0.6 is 0 Å². The van der Waals surface area contributed by atoms with Crippen molar-refractivity contribution in [3.8, 4) is 11.8 Å². The minimum atomic E-state index is -0.0530. The summed E-state index contributed by atoms with van der Waals surface area (Å²) < 4.78 is 5.24. The van der Waals surface area contributed by atoms with Crippen LogP contribution in [0.4, 0.5) is 5.69 Å². The van der Waals surface area contributed by atoms with Gasteiger partial charge in [0.1, 0.15) is 11.8 Å². The highest BCUT2D eigenvalue weighted by Gasteiger charge is 2.08. The highest BCUT2D eigenvalue weighted by Crippen LogP contribution is 2.24. The second-order valence-corrected chi connectivity index (χ2v) is 3.46. The lowest BCUT2D eigenvalue weighted by Crippen LogP contribution is -2.21. The predicted octanol–water partition coefficient (Wildman–Crippen LogP) is 2.25. The van der Waals surface area contributed by atoms with E-state index in [-0.39, 0.29) is 6.61 Å². The van der Waals surface area contributed by atoms with E-state index in [2.05, 4.69) is 18.7 Å². The molecule has 0 radical (unpaired) electrons. The smallest absolute Gasteiger partial charge is 0.174 e. The Morgan fingerprint density at radius 1 is 1.41 bits per heavy atom. The number of aldehydes is 1. The fourth-order valence-corrected chi connectivity index (χ4v) is 1.64. The van der Waals surface area contributed by atoms with Gasteiger partial charge in [-0.3, -0.25) is 4.79 Å². The summed E-state index contributed by atoms with van der Waals surface area (Å²) in [5, 5.41) is 8.49. The van der Waals surface area contributed by atoms with E-state index in [4.69, 9.17) is 10.00 Å². The first-order valence-electron chi connectivity index (χ1n) is 5.60. The minimum Gasteiger partial charge on any atom is -0.478 e. The summed E-state index contributed by atoms with van der Waals surface area (Å²) in [6, 6.07) is 7.29. The Hall–Kier alpha value is -2.02. The molecule has 0 fully saturated rings. The molecule has 0 aromatic heterocycles. The van der Waals surface area contributed by atoms with Crippen molar-refractivity contribution < 1.29 is 9.53 Å². The van der Waals surface area contributed by atoms with Gasteiger partial charge in [0.15, 0.2) is 12.9 Å². The highest BCUT2D eigenvalue weighted by molar-refractivity contribution is 5.80. The van der Waals surface area contributed by atoms with Crippen molar-refractivity contribution in [2.75, 3.05) is 24.6 Å². The van der Waals surface area contributed by atoms with Gasteiger partial charge in [-0.15, -0.1) is 0 Å². The van der Waals surface area contributed by atoms with E-state index >= 15 is 0 Å². The Labute approximate surface area is 101 Å². The van der Waals surface area contributed by atoms with Gasteiger partial charge in [-0.2, -0.15) is 5.26 Å². The van der Waals surface area contributed by atoms with Crippen LogP contribution in [-0.2, 0) is 0 Å². The quantitative estimate of drug-likeness (QED) is 0.706. The van der Waals surface area contributed by atoms with Gasteiger partial charge in [-0.05, 0) is 26.0 Å². The first kappa shape index (κ1) is 13.0. The molecule has 0 unspecified atom stereocenters. The van der Waals surface area contributed by atoms with Crippen LogP contribution < -0.4 is 9.64 Å². The van der Waals surface area contributed by atoms with Crippen molar-refractivity contribution in [1.29, 1.82) is 5.26 Å². The third-order valence-electron chi connectivity index (χ3n) is 2.54. The average Bonchev–Trinajstić information content (AvgIpc) is 2.38. The molecule has 0 N–H and O–H groups in total. The predicted molar refractivity (Wildman–Crippen MR) is 66.5 cm³/mol. The molecule has 0 amide bonds. The van der Waals surface area contributed by atoms with E-state index < -0.39 is 0 Å². The van der Waals surface area contributed by atoms with Crippen LogP contribution in [0.25, 0.3) is 0 Å². The number of benzene rings is 1. The van der Waals surface area contributed by atoms with E-state index in [1.54, 1.807) is 12.1 Å². The molecule has 0 aliphatic carbocycles. The van der Waals surface area contributed by atoms with Crippen LogP contribution in [0.1, 0.15) is 24.2 Å². The standard InChI is InChI=1S/C13H16N2O2/c1-3-15(4-2)12-6-5-11(10-16)13(9-12)17-8-7-14/h5-6,9-10H,3-4,8H2,1-2H3. The molecule has 17 heavy (non-hydrogen) atoms. The number of anilines is 1. The van der Waals surface area contributed by atoms with Gasteiger partial charge in [-0.1, -0.05) is 0 Å². The molecule has 90 valence electrons. The third kappa shape index (κ3) is 3.22. The molecule has 0 atom stereocenters. The molecule has 0 saturated heterocycles. The summed E-state index contributed by atoms with van der Waals surface area (Å²) in [5.41, 5.74) is 1.46. The topological polar surface area (TPSA) is 53.3 Å². The lowest BCUT2D eigenvalue weighted by atomic mass is 10.2. The number of ether oxygens (including phenoxy) is 1. The maximum absolute atomic E-state index is 10.8. The number of nitrogens with zero attached hydrogens (tertiary/aromatic N) is 2. The summed E-state index contributed by atoms with van der Waals surface area (Å²) in [5.74, 6) is 0.464. The summed E-state index contributed by atoms with van der Waals surface area (Å²) >= 11 is 0. The zero-order chi connectivity index (χ0) is 12.7. The van der Waals surface area contributed by atoms with E-state index in [1.165, 1.54) is 0 Å². The lowest BCUT2D eigenvalue weighted by Gasteiger charge is -2.21. The molecule has 0 heterocycles. The third-order valence-corrected chi connectivity index (χ3v) is 2.54. The zero-order valence-electron chi connectivity index (χ0n) is 10.1. The summed E-state index contributed by atoms with van der Waals surface area (Å²) in [6.45, 7) is 5.84. The molecule has 1 rings (SSSR count). The summed E-state index contributed by atoms with van der Waals surface area (Å²) in [6.07, 6.45) is 0.735. The number of carbonyl (C=O) groups is 1. The van der Waals surface area contributed by atoms with Crippen molar-refractivity contribution in [3.63, 3.8) is 0 Å². The Bertz CT molecular complexity index is 420. The molecular formula is C13H16N2O2. The number of carbonyl (C=O) groups excluding carboxylic acids is 1. The van der Waals surface area contributed by atoms with Crippen LogP contribution in [0.3, 0.4) is 0 Å². The Morgan fingerprint density at radius 3 is 2.65 bits per heavy atom. The lowest BCUT2D eigenvalue weighted by molar-refractivity contribution is 0.112. The maximum Gasteiger partial charge on any atom is 0.174 e. The number of hydrogen-bond acceptors (Lipinski definition) is 4. The van der Waals surface area contributed by atoms with Gasteiger partial charge in [0.05, 0.1) is 5.56 Å². The van der Waals surface area contributed by atoms with E-state index in [0.29, 0.717) is 11.3 Å². The molecular weight excluding hydrogens is 216 g/mol. The van der Waals surface area contributed by atoms with Crippen LogP contribution in [0.15, 0.2) is 18.2 Å². The van der Waals surface area contributed by atoms with Crippen molar-refractivity contribution in [3.05, 3.63) is 23.8 Å². The maximum atomic E-state index is 10.8. The second kappa shape index (κ2) is 6.54. The van der Waals surface area contributed by atoms with Gasteiger partial charge in [-0.25, -0.2) is 0 Å². The summed E-state index contributed by atoms with van der Waals surface area (Å²) in [7, 11) is 0. The molecule has 0 spiro atoms. The van der Waals surface area contributed by atoms with Crippen molar-refractivity contribution >= 4 is 12.0 Å². The van der Waals surface area contributed by atoms with Gasteiger partial charge >= 0.3 is 0 Å². The zero-order valence-corrected chi connectivity index (χ0v) is 10.1. The van der Waals surface area contributed by atoms with Crippen LogP contribution in [0.5, 0.6) is 5.75 Å². The Kier molecular flexibility index (Phi) is 5.02. The van der Waals surface area contributed by atoms with Crippen LogP contribution in [0, 0.1) is 11.3 Å². The normalized spacial score (nSPS) is 9.47. The Balaban J connectivity index is 3.03. The van der Waals surface area contributed by atoms with Crippen LogP contribution in [0.2, 0.25) is 0 Å². The first-order valence-corrected chi connectivity index (χ1v) is 5.60. The van der Waals surface area contributed by atoms with E-state index in [0.717, 1.165) is 25.1 Å². The molecule has 1 aromatic carbocycles. The van der Waals surface area contributed by atoms with Gasteiger partial charge in [0.25, 0.3) is 0 Å². The van der Waals surface area contributed by atoms with Crippen molar-refractivity contribution in [2.45, 2.75) is 13.8 Å². The second-order valence-electron chi connectivity index (χ2n) is 3.46. The van der Waals surface area contributed by atoms with E-state index in [9.17, 15) is 4.79 Å². The minimum absolute atomic E-state index is 0.0530. The largest absolute Gasteiger partial charge is 0.478 e. The number of hydrogen-bond donors (Lipinski definition) is 0. The van der Waals surface area contributed by atoms with Gasteiger partial charge < -0.3 is 9.64 Å². The SMILES string of the molecule is CCN(CC)c1ccc(C=O)c(OCC#N)c1. The fourth-order valence-electron chi connectivity index (χ4n) is 1.64. The molecule has 1 aromatic rings. The number of nitriles is 1. The molecule has 0 bridgehead atoms. The highest BCUT2D eigenvalue weighted by atomic mass is 16.5. The molecule has 0 aliphatic rings. The number of rotatable bonds is 6. The van der Waals surface area contributed by atoms with Crippen molar-refractivity contribution in [1.82, 2.24) is 0 Å². The molecule has 4 nitrogen and oxygen atoms in total. The van der Waals surface area contributed by atoms with E-state index in [1.807, 2.05) is 12.1 Å². The summed E-state index contributed by atoms with van der Waals surface area (Å²) in [4.78, 5) is 13.0. The van der Waals surface area contributed by atoms with Gasteiger partial charge in [0, 0.05) is 24.8 Å².